The van der Waals surface area contributed by atoms with Gasteiger partial charge in [0.25, 0.3) is 0 Å². The summed E-state index contributed by atoms with van der Waals surface area (Å²) in [4.78, 5) is 2.49. The third kappa shape index (κ3) is 6.46. The molecule has 0 aromatic heterocycles. The Bertz CT molecular complexity index is 153. The van der Waals surface area contributed by atoms with Crippen LogP contribution in [0.4, 0.5) is 0 Å². The van der Waals surface area contributed by atoms with Gasteiger partial charge in [0.2, 0.25) is 0 Å². The molecule has 0 amide bonds. The van der Waals surface area contributed by atoms with Gasteiger partial charge in [0, 0.05) is 19.7 Å². The third-order valence-corrected chi connectivity index (χ3v) is 3.28. The summed E-state index contributed by atoms with van der Waals surface area (Å²) >= 11 is 0. The van der Waals surface area contributed by atoms with Gasteiger partial charge < -0.3 is 10.1 Å². The normalized spacial score (nSPS) is 15.4. The Balaban J connectivity index is 3.90. The standard InChI is InChI=1S/C13H30N2O/c1-6-8-14-11-12(3)13(4)15(7-2)9-10-16-5/h12-14H,6-11H2,1-5H3. The zero-order valence-electron chi connectivity index (χ0n) is 11.8. The second-order valence-corrected chi connectivity index (χ2v) is 4.54. The first-order valence-corrected chi connectivity index (χ1v) is 6.61. The van der Waals surface area contributed by atoms with Crippen LogP contribution in [-0.4, -0.2) is 50.8 Å². The van der Waals surface area contributed by atoms with Crippen molar-refractivity contribution in [2.75, 3.05) is 39.9 Å². The van der Waals surface area contributed by atoms with Gasteiger partial charge in [0.15, 0.2) is 0 Å². The molecule has 0 fully saturated rings. The number of methoxy groups -OCH3 is 1. The van der Waals surface area contributed by atoms with Gasteiger partial charge >= 0.3 is 0 Å². The highest BCUT2D eigenvalue weighted by Crippen LogP contribution is 2.09. The average molecular weight is 230 g/mol. The second kappa shape index (κ2) is 10.1. The van der Waals surface area contributed by atoms with Crippen molar-refractivity contribution in [3.8, 4) is 0 Å². The first kappa shape index (κ1) is 15.9. The molecule has 0 aliphatic heterocycles. The lowest BCUT2D eigenvalue weighted by Crippen LogP contribution is -2.42. The molecule has 1 N–H and O–H groups in total. The number of nitrogens with one attached hydrogen (secondary N) is 1. The minimum Gasteiger partial charge on any atom is -0.383 e. The van der Waals surface area contributed by atoms with Crippen molar-refractivity contribution in [3.63, 3.8) is 0 Å². The Morgan fingerprint density at radius 1 is 1.25 bits per heavy atom. The molecule has 2 atom stereocenters. The molecule has 3 nitrogen and oxygen atoms in total. The molecule has 0 radical (unpaired) electrons. The highest BCUT2D eigenvalue weighted by molar-refractivity contribution is 4.73. The zero-order valence-corrected chi connectivity index (χ0v) is 11.8. The van der Waals surface area contributed by atoms with Crippen LogP contribution in [0.15, 0.2) is 0 Å². The molecule has 3 heteroatoms. The number of nitrogens with zero attached hydrogens (tertiary/aromatic N) is 1. The van der Waals surface area contributed by atoms with E-state index in [1.165, 1.54) is 6.42 Å². The minimum atomic E-state index is 0.615. The fourth-order valence-corrected chi connectivity index (χ4v) is 1.90. The molecule has 0 aliphatic rings. The molecule has 2 unspecified atom stereocenters. The molecule has 0 spiro atoms. The first-order chi connectivity index (χ1) is 7.67. The summed E-state index contributed by atoms with van der Waals surface area (Å²) < 4.78 is 5.15. The van der Waals surface area contributed by atoms with E-state index in [9.17, 15) is 0 Å². The Morgan fingerprint density at radius 3 is 2.44 bits per heavy atom. The number of ether oxygens (including phenoxy) is 1. The molecule has 0 rings (SSSR count). The van der Waals surface area contributed by atoms with Crippen molar-refractivity contribution in [3.05, 3.63) is 0 Å². The number of likely N-dealkylation sites (N-methyl/N-ethyl adjacent to an activating group) is 1. The van der Waals surface area contributed by atoms with Gasteiger partial charge in [-0.2, -0.15) is 0 Å². The van der Waals surface area contributed by atoms with Gasteiger partial charge in [-0.05, 0) is 38.9 Å². The van der Waals surface area contributed by atoms with Crippen molar-refractivity contribution in [1.29, 1.82) is 0 Å². The number of hydrogen-bond acceptors (Lipinski definition) is 3. The van der Waals surface area contributed by atoms with Crippen LogP contribution < -0.4 is 5.32 Å². The van der Waals surface area contributed by atoms with Gasteiger partial charge in [-0.25, -0.2) is 0 Å². The van der Waals surface area contributed by atoms with Crippen LogP contribution in [0.2, 0.25) is 0 Å². The van der Waals surface area contributed by atoms with Crippen LogP contribution in [-0.2, 0) is 4.74 Å². The smallest absolute Gasteiger partial charge is 0.0589 e. The molecular weight excluding hydrogens is 200 g/mol. The molecular formula is C13H30N2O. The van der Waals surface area contributed by atoms with Crippen LogP contribution in [0.25, 0.3) is 0 Å². The SMILES string of the molecule is CCCNCC(C)C(C)N(CC)CCOC. The molecule has 0 heterocycles. The van der Waals surface area contributed by atoms with Crippen molar-refractivity contribution in [2.24, 2.45) is 5.92 Å². The van der Waals surface area contributed by atoms with E-state index >= 15 is 0 Å². The lowest BCUT2D eigenvalue weighted by atomic mass is 10.0. The Hall–Kier alpha value is -0.120. The molecule has 0 aliphatic carbocycles. The van der Waals surface area contributed by atoms with E-state index in [2.05, 4.69) is 37.9 Å². The van der Waals surface area contributed by atoms with E-state index in [1.54, 1.807) is 7.11 Å². The maximum atomic E-state index is 5.15. The van der Waals surface area contributed by atoms with Crippen LogP contribution in [0.3, 0.4) is 0 Å². The van der Waals surface area contributed by atoms with Gasteiger partial charge in [0.1, 0.15) is 0 Å². The second-order valence-electron chi connectivity index (χ2n) is 4.54. The van der Waals surface area contributed by atoms with E-state index in [1.807, 2.05) is 0 Å². The Labute approximate surface area is 102 Å². The quantitative estimate of drug-likeness (QED) is 0.581. The highest BCUT2D eigenvalue weighted by atomic mass is 16.5. The van der Waals surface area contributed by atoms with Gasteiger partial charge in [0.05, 0.1) is 6.61 Å². The third-order valence-electron chi connectivity index (χ3n) is 3.28. The van der Waals surface area contributed by atoms with Crippen molar-refractivity contribution < 1.29 is 4.74 Å². The van der Waals surface area contributed by atoms with E-state index in [-0.39, 0.29) is 0 Å². The van der Waals surface area contributed by atoms with Crippen LogP contribution in [0.1, 0.15) is 34.1 Å². The predicted molar refractivity (Wildman–Crippen MR) is 70.9 cm³/mol. The van der Waals surface area contributed by atoms with E-state index in [0.29, 0.717) is 12.0 Å². The zero-order chi connectivity index (χ0) is 12.4. The summed E-state index contributed by atoms with van der Waals surface area (Å²) in [5.41, 5.74) is 0. The largest absolute Gasteiger partial charge is 0.383 e. The van der Waals surface area contributed by atoms with Gasteiger partial charge in [-0.1, -0.05) is 20.8 Å². The van der Waals surface area contributed by atoms with Crippen molar-refractivity contribution in [1.82, 2.24) is 10.2 Å². The van der Waals surface area contributed by atoms with Gasteiger partial charge in [-0.15, -0.1) is 0 Å². The molecule has 0 bridgehead atoms. The van der Waals surface area contributed by atoms with E-state index in [4.69, 9.17) is 4.74 Å². The first-order valence-electron chi connectivity index (χ1n) is 6.61. The summed E-state index contributed by atoms with van der Waals surface area (Å²) in [5.74, 6) is 0.684. The molecule has 0 aromatic carbocycles. The van der Waals surface area contributed by atoms with Crippen LogP contribution >= 0.6 is 0 Å². The number of hydrogen-bond donors (Lipinski definition) is 1. The van der Waals surface area contributed by atoms with E-state index < -0.39 is 0 Å². The summed E-state index contributed by atoms with van der Waals surface area (Å²) in [7, 11) is 1.77. The molecule has 0 aromatic rings. The molecule has 0 saturated carbocycles. The Kier molecular flexibility index (Phi) is 9.99. The average Bonchev–Trinajstić information content (AvgIpc) is 2.30. The maximum absolute atomic E-state index is 5.15. The van der Waals surface area contributed by atoms with Crippen molar-refractivity contribution in [2.45, 2.75) is 40.2 Å². The summed E-state index contributed by atoms with van der Waals surface area (Å²) in [6.07, 6.45) is 1.21. The fraction of sp³-hybridized carbons (Fsp3) is 1.00. The van der Waals surface area contributed by atoms with Crippen molar-refractivity contribution >= 4 is 0 Å². The highest BCUT2D eigenvalue weighted by Gasteiger charge is 2.17. The summed E-state index contributed by atoms with van der Waals surface area (Å²) in [6, 6.07) is 0.615. The fourth-order valence-electron chi connectivity index (χ4n) is 1.90. The van der Waals surface area contributed by atoms with Gasteiger partial charge in [-0.3, -0.25) is 4.90 Å². The number of rotatable bonds is 10. The minimum absolute atomic E-state index is 0.615. The lowest BCUT2D eigenvalue weighted by molar-refractivity contribution is 0.108. The van der Waals surface area contributed by atoms with Crippen LogP contribution in [0.5, 0.6) is 0 Å². The lowest BCUT2D eigenvalue weighted by Gasteiger charge is -2.32. The van der Waals surface area contributed by atoms with Crippen LogP contribution in [0, 0.1) is 5.92 Å². The summed E-state index contributed by atoms with van der Waals surface area (Å²) in [6.45, 7) is 14.3. The molecule has 16 heavy (non-hydrogen) atoms. The maximum Gasteiger partial charge on any atom is 0.0589 e. The predicted octanol–water partition coefficient (Wildman–Crippen LogP) is 1.98. The summed E-state index contributed by atoms with van der Waals surface area (Å²) in [5, 5.41) is 3.49. The topological polar surface area (TPSA) is 24.5 Å². The Morgan fingerprint density at radius 2 is 1.94 bits per heavy atom. The monoisotopic (exact) mass is 230 g/mol. The molecule has 98 valence electrons. The van der Waals surface area contributed by atoms with E-state index in [0.717, 1.165) is 32.8 Å². The molecule has 0 saturated heterocycles.